The largest absolute Gasteiger partial charge is 0.481 e. The monoisotopic (exact) mass is 344 g/mol. The van der Waals surface area contributed by atoms with Gasteiger partial charge >= 0.3 is 0 Å². The average Bonchev–Trinajstić information content (AvgIpc) is 3.05. The Kier molecular flexibility index (Phi) is 6.14. The molecule has 1 fully saturated rings. The summed E-state index contributed by atoms with van der Waals surface area (Å²) in [5, 5.41) is 0. The van der Waals surface area contributed by atoms with E-state index < -0.39 is 0 Å². The van der Waals surface area contributed by atoms with Gasteiger partial charge in [0, 0.05) is 32.1 Å². The fourth-order valence-electron chi connectivity index (χ4n) is 3.19. The van der Waals surface area contributed by atoms with E-state index in [1.54, 1.807) is 14.2 Å². The van der Waals surface area contributed by atoms with E-state index in [2.05, 4.69) is 19.9 Å². The van der Waals surface area contributed by atoms with Crippen molar-refractivity contribution >= 4 is 5.82 Å². The Morgan fingerprint density at radius 1 is 1.16 bits per heavy atom. The molecule has 0 unspecified atom stereocenters. The van der Waals surface area contributed by atoms with E-state index in [-0.39, 0.29) is 12.1 Å². The molecule has 0 radical (unpaired) electrons. The SMILES string of the molecule is COCCO[C@@H]1CCN(c2cc(OC)ncn2)[C@H]1Cc1ccncc1. The van der Waals surface area contributed by atoms with E-state index in [1.165, 1.54) is 11.9 Å². The van der Waals surface area contributed by atoms with E-state index in [0.717, 1.165) is 25.2 Å². The van der Waals surface area contributed by atoms with Crippen molar-refractivity contribution in [1.82, 2.24) is 15.0 Å². The molecule has 2 aromatic heterocycles. The molecule has 2 atom stereocenters. The molecule has 7 nitrogen and oxygen atoms in total. The molecule has 1 saturated heterocycles. The first-order chi connectivity index (χ1) is 12.3. The number of hydrogen-bond acceptors (Lipinski definition) is 7. The lowest BCUT2D eigenvalue weighted by Gasteiger charge is -2.29. The molecule has 134 valence electrons. The quantitative estimate of drug-likeness (QED) is 0.676. The van der Waals surface area contributed by atoms with Crippen LogP contribution in [0.3, 0.4) is 0 Å². The molecule has 3 rings (SSSR count). The van der Waals surface area contributed by atoms with Crippen LogP contribution in [0, 0.1) is 0 Å². The summed E-state index contributed by atoms with van der Waals surface area (Å²) in [6.07, 6.45) is 7.13. The second-order valence-corrected chi connectivity index (χ2v) is 5.93. The Bertz CT molecular complexity index is 656. The molecule has 1 aliphatic heterocycles. The summed E-state index contributed by atoms with van der Waals surface area (Å²) in [5.74, 6) is 1.43. The molecule has 7 heteroatoms. The van der Waals surface area contributed by atoms with Gasteiger partial charge in [-0.3, -0.25) is 4.98 Å². The fourth-order valence-corrected chi connectivity index (χ4v) is 3.19. The van der Waals surface area contributed by atoms with Crippen LogP contribution < -0.4 is 9.64 Å². The molecular weight excluding hydrogens is 320 g/mol. The van der Waals surface area contributed by atoms with Crippen LogP contribution in [0.15, 0.2) is 36.9 Å². The van der Waals surface area contributed by atoms with Gasteiger partial charge in [0.05, 0.1) is 32.5 Å². The summed E-state index contributed by atoms with van der Waals surface area (Å²) in [4.78, 5) is 14.9. The number of anilines is 1. The topological polar surface area (TPSA) is 69.6 Å². The maximum Gasteiger partial charge on any atom is 0.218 e. The molecule has 0 saturated carbocycles. The van der Waals surface area contributed by atoms with Crippen LogP contribution in [0.5, 0.6) is 5.88 Å². The highest BCUT2D eigenvalue weighted by atomic mass is 16.5. The van der Waals surface area contributed by atoms with E-state index in [0.29, 0.717) is 19.1 Å². The molecule has 1 aliphatic rings. The predicted molar refractivity (Wildman–Crippen MR) is 93.9 cm³/mol. The van der Waals surface area contributed by atoms with E-state index in [4.69, 9.17) is 14.2 Å². The van der Waals surface area contributed by atoms with Gasteiger partial charge in [0.1, 0.15) is 12.1 Å². The Balaban J connectivity index is 1.79. The lowest BCUT2D eigenvalue weighted by Crippen LogP contribution is -2.39. The highest BCUT2D eigenvalue weighted by Gasteiger charge is 2.36. The fraction of sp³-hybridized carbons (Fsp3) is 0.500. The Morgan fingerprint density at radius 3 is 2.76 bits per heavy atom. The minimum Gasteiger partial charge on any atom is -0.481 e. The van der Waals surface area contributed by atoms with Crippen molar-refractivity contribution in [3.8, 4) is 5.88 Å². The van der Waals surface area contributed by atoms with Gasteiger partial charge in [0.2, 0.25) is 5.88 Å². The van der Waals surface area contributed by atoms with E-state index in [1.807, 2.05) is 30.6 Å². The van der Waals surface area contributed by atoms with Crippen molar-refractivity contribution in [3.05, 3.63) is 42.5 Å². The molecule has 0 N–H and O–H groups in total. The summed E-state index contributed by atoms with van der Waals surface area (Å²) in [6, 6.07) is 6.16. The van der Waals surface area contributed by atoms with Crippen molar-refractivity contribution in [2.24, 2.45) is 0 Å². The third-order valence-electron chi connectivity index (χ3n) is 4.43. The molecule has 3 heterocycles. The summed E-state index contributed by atoms with van der Waals surface area (Å²) in [5.41, 5.74) is 1.23. The van der Waals surface area contributed by atoms with Gasteiger partial charge in [-0.15, -0.1) is 0 Å². The zero-order valence-corrected chi connectivity index (χ0v) is 14.7. The molecule has 0 bridgehead atoms. The van der Waals surface area contributed by atoms with Crippen LogP contribution in [-0.4, -0.2) is 61.1 Å². The van der Waals surface area contributed by atoms with Gasteiger partial charge in [0.25, 0.3) is 0 Å². The van der Waals surface area contributed by atoms with Gasteiger partial charge in [-0.25, -0.2) is 9.97 Å². The molecular formula is C18H24N4O3. The average molecular weight is 344 g/mol. The van der Waals surface area contributed by atoms with Crippen molar-refractivity contribution in [1.29, 1.82) is 0 Å². The van der Waals surface area contributed by atoms with Crippen molar-refractivity contribution in [2.45, 2.75) is 25.0 Å². The number of methoxy groups -OCH3 is 2. The molecule has 0 aromatic carbocycles. The first-order valence-electron chi connectivity index (χ1n) is 8.44. The maximum atomic E-state index is 6.08. The number of nitrogens with zero attached hydrogens (tertiary/aromatic N) is 4. The van der Waals surface area contributed by atoms with Crippen molar-refractivity contribution in [3.63, 3.8) is 0 Å². The van der Waals surface area contributed by atoms with Crippen molar-refractivity contribution < 1.29 is 14.2 Å². The summed E-state index contributed by atoms with van der Waals surface area (Å²) in [7, 11) is 3.30. The third-order valence-corrected chi connectivity index (χ3v) is 4.43. The molecule has 25 heavy (non-hydrogen) atoms. The van der Waals surface area contributed by atoms with Crippen LogP contribution in [0.4, 0.5) is 5.82 Å². The van der Waals surface area contributed by atoms with Crippen LogP contribution in [0.2, 0.25) is 0 Å². The highest BCUT2D eigenvalue weighted by molar-refractivity contribution is 5.44. The smallest absolute Gasteiger partial charge is 0.218 e. The van der Waals surface area contributed by atoms with Gasteiger partial charge in [-0.05, 0) is 30.5 Å². The van der Waals surface area contributed by atoms with Gasteiger partial charge in [-0.2, -0.15) is 0 Å². The molecule has 0 aliphatic carbocycles. The van der Waals surface area contributed by atoms with Crippen LogP contribution in [0.1, 0.15) is 12.0 Å². The standard InChI is InChI=1S/C18H24N4O3/c1-23-9-10-25-16-5-8-22(17-12-18(24-2)21-13-20-17)15(16)11-14-3-6-19-7-4-14/h3-4,6-7,12-13,15-16H,5,8-11H2,1-2H3/t15-,16+/m0/s1. The number of ether oxygens (including phenoxy) is 3. The number of rotatable bonds is 8. The first-order valence-corrected chi connectivity index (χ1v) is 8.44. The molecule has 0 amide bonds. The minimum atomic E-state index is 0.129. The Hall–Kier alpha value is -2.25. The highest BCUT2D eigenvalue weighted by Crippen LogP contribution is 2.29. The first kappa shape index (κ1) is 17.6. The number of hydrogen-bond donors (Lipinski definition) is 0. The summed E-state index contributed by atoms with van der Waals surface area (Å²) in [6.45, 7) is 2.07. The van der Waals surface area contributed by atoms with E-state index >= 15 is 0 Å². The predicted octanol–water partition coefficient (Wildman–Crippen LogP) is 1.73. The second-order valence-electron chi connectivity index (χ2n) is 5.93. The van der Waals surface area contributed by atoms with Crippen molar-refractivity contribution in [2.75, 3.05) is 38.9 Å². The van der Waals surface area contributed by atoms with Gasteiger partial charge < -0.3 is 19.1 Å². The maximum absolute atomic E-state index is 6.08. The summed E-state index contributed by atoms with van der Waals surface area (Å²) < 4.78 is 16.4. The second kappa shape index (κ2) is 8.73. The zero-order valence-electron chi connectivity index (χ0n) is 14.7. The van der Waals surface area contributed by atoms with Crippen LogP contribution in [-0.2, 0) is 15.9 Å². The van der Waals surface area contributed by atoms with Gasteiger partial charge in [-0.1, -0.05) is 0 Å². The minimum absolute atomic E-state index is 0.129. The number of pyridine rings is 1. The zero-order chi connectivity index (χ0) is 17.5. The Morgan fingerprint density at radius 2 is 2.00 bits per heavy atom. The van der Waals surface area contributed by atoms with E-state index in [9.17, 15) is 0 Å². The molecule has 0 spiro atoms. The number of aromatic nitrogens is 3. The third kappa shape index (κ3) is 4.43. The van der Waals surface area contributed by atoms with Crippen LogP contribution >= 0.6 is 0 Å². The normalized spacial score (nSPS) is 20.0. The Labute approximate surface area is 148 Å². The lowest BCUT2D eigenvalue weighted by molar-refractivity contribution is 0.0137. The lowest BCUT2D eigenvalue weighted by atomic mass is 10.0. The van der Waals surface area contributed by atoms with Gasteiger partial charge in [0.15, 0.2) is 0 Å². The van der Waals surface area contributed by atoms with Crippen LogP contribution in [0.25, 0.3) is 0 Å². The summed E-state index contributed by atoms with van der Waals surface area (Å²) >= 11 is 0. The molecule has 2 aromatic rings.